The highest BCUT2D eigenvalue weighted by atomic mass is 35.5. The zero-order chi connectivity index (χ0) is 12.6. The first-order valence-electron chi connectivity index (χ1n) is 6.54. The van der Waals surface area contributed by atoms with Crippen molar-refractivity contribution in [3.63, 3.8) is 0 Å². The minimum absolute atomic E-state index is 0. The van der Waals surface area contributed by atoms with Crippen LogP contribution in [0.25, 0.3) is 0 Å². The molecular formula is C14H19Cl2NO2. The lowest BCUT2D eigenvalue weighted by Gasteiger charge is -2.46. The second kappa shape index (κ2) is 5.98. The fourth-order valence-corrected chi connectivity index (χ4v) is 3.02. The van der Waals surface area contributed by atoms with Gasteiger partial charge < -0.3 is 9.84 Å². The van der Waals surface area contributed by atoms with Crippen LogP contribution in [0.1, 0.15) is 24.8 Å². The summed E-state index contributed by atoms with van der Waals surface area (Å²) in [4.78, 5) is 2.35. The van der Waals surface area contributed by atoms with Gasteiger partial charge in [-0.1, -0.05) is 30.2 Å². The summed E-state index contributed by atoms with van der Waals surface area (Å²) < 4.78 is 5.73. The van der Waals surface area contributed by atoms with E-state index in [9.17, 15) is 5.11 Å². The van der Waals surface area contributed by atoms with E-state index in [1.165, 1.54) is 19.3 Å². The number of fused-ring (bicyclic) bond motifs is 1. The van der Waals surface area contributed by atoms with Crippen molar-refractivity contribution in [1.29, 1.82) is 0 Å². The molecule has 0 saturated carbocycles. The van der Waals surface area contributed by atoms with Gasteiger partial charge in [-0.15, -0.1) is 12.4 Å². The van der Waals surface area contributed by atoms with Crippen molar-refractivity contribution in [2.45, 2.75) is 31.1 Å². The van der Waals surface area contributed by atoms with E-state index in [0.29, 0.717) is 24.2 Å². The summed E-state index contributed by atoms with van der Waals surface area (Å²) in [5.41, 5.74) is 0.788. The van der Waals surface area contributed by atoms with Gasteiger partial charge in [0.05, 0.1) is 13.2 Å². The number of benzene rings is 1. The van der Waals surface area contributed by atoms with Crippen molar-refractivity contribution in [2.75, 3.05) is 19.7 Å². The number of hydrogen-bond donors (Lipinski definition) is 1. The van der Waals surface area contributed by atoms with Crippen molar-refractivity contribution in [3.05, 3.63) is 34.9 Å². The third-order valence-electron chi connectivity index (χ3n) is 3.98. The van der Waals surface area contributed by atoms with E-state index < -0.39 is 5.79 Å². The van der Waals surface area contributed by atoms with E-state index in [2.05, 4.69) is 4.90 Å². The first-order valence-corrected chi connectivity index (χ1v) is 6.92. The molecule has 3 nitrogen and oxygen atoms in total. The molecule has 0 aromatic heterocycles. The molecule has 106 valence electrons. The molecule has 2 saturated heterocycles. The molecule has 0 radical (unpaired) electrons. The van der Waals surface area contributed by atoms with Crippen molar-refractivity contribution in [3.8, 4) is 0 Å². The maximum atomic E-state index is 10.7. The maximum Gasteiger partial charge on any atom is 0.205 e. The van der Waals surface area contributed by atoms with Crippen LogP contribution in [0.5, 0.6) is 0 Å². The third-order valence-corrected chi connectivity index (χ3v) is 4.23. The second-order valence-electron chi connectivity index (χ2n) is 5.22. The Balaban J connectivity index is 0.00000133. The maximum absolute atomic E-state index is 10.7. The standard InChI is InChI=1S/C14H18ClNO2.ClH/c15-12-6-4-11(5-7-12)14(17)10-16-8-2-1-3-13(16)9-18-14;/h4-7,13,17H,1-3,8-10H2;1H. The van der Waals surface area contributed by atoms with Crippen LogP contribution < -0.4 is 0 Å². The Labute approximate surface area is 124 Å². The molecule has 2 unspecified atom stereocenters. The minimum atomic E-state index is -1.18. The summed E-state index contributed by atoms with van der Waals surface area (Å²) >= 11 is 5.87. The highest BCUT2D eigenvalue weighted by molar-refractivity contribution is 6.30. The molecule has 2 aliphatic heterocycles. The number of aliphatic hydroxyl groups is 1. The number of ether oxygens (including phenoxy) is 1. The zero-order valence-electron chi connectivity index (χ0n) is 10.7. The van der Waals surface area contributed by atoms with Crippen molar-refractivity contribution in [2.24, 2.45) is 0 Å². The fourth-order valence-electron chi connectivity index (χ4n) is 2.90. The summed E-state index contributed by atoms with van der Waals surface area (Å²) in [7, 11) is 0. The van der Waals surface area contributed by atoms with E-state index >= 15 is 0 Å². The van der Waals surface area contributed by atoms with Gasteiger partial charge in [-0.25, -0.2) is 0 Å². The van der Waals surface area contributed by atoms with Gasteiger partial charge in [0.2, 0.25) is 5.79 Å². The van der Waals surface area contributed by atoms with Crippen LogP contribution >= 0.6 is 24.0 Å². The van der Waals surface area contributed by atoms with Crippen LogP contribution in [0.2, 0.25) is 5.02 Å². The highest BCUT2D eigenvalue weighted by Gasteiger charge is 2.41. The van der Waals surface area contributed by atoms with E-state index in [-0.39, 0.29) is 12.4 Å². The Morgan fingerprint density at radius 3 is 2.74 bits per heavy atom. The molecule has 19 heavy (non-hydrogen) atoms. The molecule has 0 amide bonds. The molecule has 0 aliphatic carbocycles. The second-order valence-corrected chi connectivity index (χ2v) is 5.66. The molecule has 2 aliphatic rings. The average Bonchev–Trinajstić information content (AvgIpc) is 2.39. The minimum Gasteiger partial charge on any atom is -0.361 e. The van der Waals surface area contributed by atoms with Gasteiger partial charge in [0.1, 0.15) is 0 Å². The quantitative estimate of drug-likeness (QED) is 0.866. The van der Waals surface area contributed by atoms with E-state index in [4.69, 9.17) is 16.3 Å². The molecule has 5 heteroatoms. The first kappa shape index (κ1) is 15.1. The van der Waals surface area contributed by atoms with Gasteiger partial charge in [-0.05, 0) is 31.5 Å². The molecule has 2 fully saturated rings. The van der Waals surface area contributed by atoms with Crippen LogP contribution in [-0.2, 0) is 10.5 Å². The molecule has 1 N–H and O–H groups in total. The first-order chi connectivity index (χ1) is 8.67. The van der Waals surface area contributed by atoms with Gasteiger partial charge >= 0.3 is 0 Å². The molecular weight excluding hydrogens is 285 g/mol. The molecule has 2 heterocycles. The number of halogens is 2. The molecule has 0 spiro atoms. The fraction of sp³-hybridized carbons (Fsp3) is 0.571. The zero-order valence-corrected chi connectivity index (χ0v) is 12.3. The van der Waals surface area contributed by atoms with Crippen molar-refractivity contribution in [1.82, 2.24) is 4.90 Å². The van der Waals surface area contributed by atoms with Crippen LogP contribution in [0.15, 0.2) is 24.3 Å². The van der Waals surface area contributed by atoms with Crippen LogP contribution in [-0.4, -0.2) is 35.7 Å². The lowest BCUT2D eigenvalue weighted by atomic mass is 9.96. The number of hydrogen-bond acceptors (Lipinski definition) is 3. The molecule has 0 bridgehead atoms. The predicted molar refractivity (Wildman–Crippen MR) is 77.8 cm³/mol. The van der Waals surface area contributed by atoms with Crippen molar-refractivity contribution >= 4 is 24.0 Å². The summed E-state index contributed by atoms with van der Waals surface area (Å²) in [5.74, 6) is -1.18. The van der Waals surface area contributed by atoms with Gasteiger partial charge in [-0.2, -0.15) is 0 Å². The number of nitrogens with zero attached hydrogens (tertiary/aromatic N) is 1. The summed E-state index contributed by atoms with van der Waals surface area (Å²) in [5, 5.41) is 11.3. The molecule has 1 aromatic rings. The summed E-state index contributed by atoms with van der Waals surface area (Å²) in [6.45, 7) is 2.22. The lowest BCUT2D eigenvalue weighted by Crippen LogP contribution is -2.56. The number of piperidine rings is 1. The predicted octanol–water partition coefficient (Wildman–Crippen LogP) is 2.79. The van der Waals surface area contributed by atoms with Gasteiger partial charge in [0, 0.05) is 16.6 Å². The molecule has 1 aromatic carbocycles. The number of morpholine rings is 1. The SMILES string of the molecule is Cl.OC1(c2ccc(Cl)cc2)CN2CCCCC2CO1. The molecule has 2 atom stereocenters. The third kappa shape index (κ3) is 3.06. The number of rotatable bonds is 1. The van der Waals surface area contributed by atoms with E-state index in [1.54, 1.807) is 12.1 Å². The van der Waals surface area contributed by atoms with Gasteiger partial charge in [-0.3, -0.25) is 4.90 Å². The van der Waals surface area contributed by atoms with Crippen LogP contribution in [0.3, 0.4) is 0 Å². The Kier molecular flexibility index (Phi) is 4.75. The topological polar surface area (TPSA) is 32.7 Å². The van der Waals surface area contributed by atoms with Crippen LogP contribution in [0.4, 0.5) is 0 Å². The average molecular weight is 304 g/mol. The summed E-state index contributed by atoms with van der Waals surface area (Å²) in [6, 6.07) is 7.74. The lowest BCUT2D eigenvalue weighted by molar-refractivity contribution is -0.264. The van der Waals surface area contributed by atoms with E-state index in [1.807, 2.05) is 12.1 Å². The monoisotopic (exact) mass is 303 g/mol. The van der Waals surface area contributed by atoms with Gasteiger partial charge in [0.25, 0.3) is 0 Å². The Bertz CT molecular complexity index is 426. The normalized spacial score (nSPS) is 31.4. The highest BCUT2D eigenvalue weighted by Crippen LogP contribution is 2.33. The smallest absolute Gasteiger partial charge is 0.205 e. The van der Waals surface area contributed by atoms with Gasteiger partial charge in [0.15, 0.2) is 0 Å². The Morgan fingerprint density at radius 2 is 2.00 bits per heavy atom. The Morgan fingerprint density at radius 1 is 1.26 bits per heavy atom. The van der Waals surface area contributed by atoms with Crippen molar-refractivity contribution < 1.29 is 9.84 Å². The largest absolute Gasteiger partial charge is 0.361 e. The Hall–Kier alpha value is -0.320. The summed E-state index contributed by atoms with van der Waals surface area (Å²) in [6.07, 6.45) is 3.66. The molecule has 3 rings (SSSR count). The van der Waals surface area contributed by atoms with Crippen LogP contribution in [0, 0.1) is 0 Å². The van der Waals surface area contributed by atoms with E-state index in [0.717, 1.165) is 12.1 Å².